The summed E-state index contributed by atoms with van der Waals surface area (Å²) < 4.78 is 2.29. The Kier molecular flexibility index (Phi) is 3.92. The van der Waals surface area contributed by atoms with Crippen molar-refractivity contribution in [2.45, 2.75) is 63.3 Å². The molecule has 2 saturated carbocycles. The highest BCUT2D eigenvalue weighted by atomic mass is 32.2. The van der Waals surface area contributed by atoms with Gasteiger partial charge in [-0.15, -0.1) is 0 Å². The van der Waals surface area contributed by atoms with Crippen LogP contribution in [-0.2, 0) is 6.42 Å². The van der Waals surface area contributed by atoms with Crippen LogP contribution in [0.5, 0.6) is 0 Å². The number of hydrogen-bond donors (Lipinski definition) is 0. The normalized spacial score (nSPS) is 21.4. The van der Waals surface area contributed by atoms with Gasteiger partial charge in [-0.25, -0.2) is 9.67 Å². The van der Waals surface area contributed by atoms with Crippen LogP contribution in [0.2, 0.25) is 0 Å². The van der Waals surface area contributed by atoms with Gasteiger partial charge in [0.05, 0.1) is 6.04 Å². The molecule has 3 nitrogen and oxygen atoms in total. The summed E-state index contributed by atoms with van der Waals surface area (Å²) in [5.41, 5.74) is 0. The molecular weight excluding hydrogens is 242 g/mol. The summed E-state index contributed by atoms with van der Waals surface area (Å²) in [6, 6.07) is 0.635. The third-order valence-electron chi connectivity index (χ3n) is 4.11. The lowest BCUT2D eigenvalue weighted by Gasteiger charge is -2.23. The number of nitrogens with zero attached hydrogens (tertiary/aromatic N) is 3. The second kappa shape index (κ2) is 5.64. The maximum absolute atomic E-state index is 4.85. The van der Waals surface area contributed by atoms with Crippen LogP contribution in [-0.4, -0.2) is 26.8 Å². The van der Waals surface area contributed by atoms with E-state index in [9.17, 15) is 0 Å². The minimum Gasteiger partial charge on any atom is -0.247 e. The Bertz CT molecular complexity index is 392. The van der Waals surface area contributed by atoms with E-state index >= 15 is 0 Å². The van der Waals surface area contributed by atoms with Crippen LogP contribution < -0.4 is 0 Å². The molecule has 0 atom stereocenters. The standard InChI is InChI=1S/C14H23N3S/c1-18-10-9-13-15-14(11-7-8-11)16-17(13)12-5-3-2-4-6-12/h11-12H,2-10H2,1H3. The van der Waals surface area contributed by atoms with E-state index in [2.05, 4.69) is 10.9 Å². The lowest BCUT2D eigenvalue weighted by molar-refractivity contribution is 0.320. The van der Waals surface area contributed by atoms with Gasteiger partial charge in [0.15, 0.2) is 5.82 Å². The average Bonchev–Trinajstić information content (AvgIpc) is 3.18. The molecule has 0 aromatic carbocycles. The maximum atomic E-state index is 4.85. The molecule has 0 spiro atoms. The van der Waals surface area contributed by atoms with Gasteiger partial charge in [-0.05, 0) is 31.9 Å². The summed E-state index contributed by atoms with van der Waals surface area (Å²) in [7, 11) is 0. The largest absolute Gasteiger partial charge is 0.247 e. The fourth-order valence-corrected chi connectivity index (χ4v) is 3.26. The predicted molar refractivity (Wildman–Crippen MR) is 76.2 cm³/mol. The molecule has 18 heavy (non-hydrogen) atoms. The second-order valence-electron chi connectivity index (χ2n) is 5.64. The van der Waals surface area contributed by atoms with Crippen molar-refractivity contribution in [1.29, 1.82) is 0 Å². The monoisotopic (exact) mass is 265 g/mol. The summed E-state index contributed by atoms with van der Waals surface area (Å²) in [5, 5.41) is 4.85. The van der Waals surface area contributed by atoms with Crippen LogP contribution >= 0.6 is 11.8 Å². The molecule has 3 rings (SSSR count). The fourth-order valence-electron chi connectivity index (χ4n) is 2.87. The average molecular weight is 265 g/mol. The SMILES string of the molecule is CSCCc1nc(C2CC2)nn1C1CCCCC1. The first-order chi connectivity index (χ1) is 8.88. The second-order valence-corrected chi connectivity index (χ2v) is 6.63. The molecule has 0 aliphatic heterocycles. The summed E-state index contributed by atoms with van der Waals surface area (Å²) in [4.78, 5) is 4.82. The van der Waals surface area contributed by atoms with Gasteiger partial charge in [0.2, 0.25) is 0 Å². The van der Waals surface area contributed by atoms with E-state index in [1.54, 1.807) is 0 Å². The molecule has 0 saturated heterocycles. The van der Waals surface area contributed by atoms with Crippen LogP contribution in [0, 0.1) is 0 Å². The highest BCUT2D eigenvalue weighted by Crippen LogP contribution is 2.39. The molecule has 1 aromatic rings. The van der Waals surface area contributed by atoms with Crippen LogP contribution in [0.25, 0.3) is 0 Å². The van der Waals surface area contributed by atoms with Gasteiger partial charge in [0.25, 0.3) is 0 Å². The van der Waals surface area contributed by atoms with Crippen LogP contribution in [0.15, 0.2) is 0 Å². The highest BCUT2D eigenvalue weighted by Gasteiger charge is 2.30. The molecule has 4 heteroatoms. The van der Waals surface area contributed by atoms with Crippen molar-refractivity contribution in [3.8, 4) is 0 Å². The summed E-state index contributed by atoms with van der Waals surface area (Å²) in [5.74, 6) is 4.23. The van der Waals surface area contributed by atoms with E-state index < -0.39 is 0 Å². The number of thioether (sulfide) groups is 1. The molecule has 2 fully saturated rings. The highest BCUT2D eigenvalue weighted by molar-refractivity contribution is 7.98. The quantitative estimate of drug-likeness (QED) is 0.815. The molecule has 1 heterocycles. The smallest absolute Gasteiger partial charge is 0.154 e. The summed E-state index contributed by atoms with van der Waals surface area (Å²) >= 11 is 1.90. The van der Waals surface area contributed by atoms with Crippen LogP contribution in [0.1, 0.15) is 68.6 Å². The molecule has 0 N–H and O–H groups in total. The van der Waals surface area contributed by atoms with Crippen molar-refractivity contribution < 1.29 is 0 Å². The fraction of sp³-hybridized carbons (Fsp3) is 0.857. The molecule has 0 amide bonds. The predicted octanol–water partition coefficient (Wildman–Crippen LogP) is 3.57. The van der Waals surface area contributed by atoms with Gasteiger partial charge in [-0.3, -0.25) is 0 Å². The van der Waals surface area contributed by atoms with Gasteiger partial charge in [0, 0.05) is 18.1 Å². The van der Waals surface area contributed by atoms with E-state index in [1.807, 2.05) is 11.8 Å². The lowest BCUT2D eigenvalue weighted by Crippen LogP contribution is -2.17. The number of aromatic nitrogens is 3. The van der Waals surface area contributed by atoms with E-state index in [0.717, 1.165) is 18.0 Å². The van der Waals surface area contributed by atoms with Crippen molar-refractivity contribution in [3.63, 3.8) is 0 Å². The minimum absolute atomic E-state index is 0.635. The van der Waals surface area contributed by atoms with Crippen molar-refractivity contribution in [1.82, 2.24) is 14.8 Å². The van der Waals surface area contributed by atoms with Gasteiger partial charge in [0.1, 0.15) is 5.82 Å². The van der Waals surface area contributed by atoms with Gasteiger partial charge in [-0.2, -0.15) is 16.9 Å². The van der Waals surface area contributed by atoms with Crippen molar-refractivity contribution >= 4 is 11.8 Å². The molecule has 0 radical (unpaired) electrons. The molecule has 1 aromatic heterocycles. The van der Waals surface area contributed by atoms with Crippen LogP contribution in [0.4, 0.5) is 0 Å². The van der Waals surface area contributed by atoms with Crippen molar-refractivity contribution in [3.05, 3.63) is 11.6 Å². The van der Waals surface area contributed by atoms with E-state index in [4.69, 9.17) is 10.1 Å². The van der Waals surface area contributed by atoms with Crippen molar-refractivity contribution in [2.75, 3.05) is 12.0 Å². The summed E-state index contributed by atoms with van der Waals surface area (Å²) in [6.07, 6.45) is 12.6. The Morgan fingerprint density at radius 1 is 1.17 bits per heavy atom. The molecule has 0 bridgehead atoms. The van der Waals surface area contributed by atoms with Crippen molar-refractivity contribution in [2.24, 2.45) is 0 Å². The van der Waals surface area contributed by atoms with E-state index in [-0.39, 0.29) is 0 Å². The molecule has 2 aliphatic carbocycles. The maximum Gasteiger partial charge on any atom is 0.154 e. The number of aryl methyl sites for hydroxylation is 1. The molecule has 0 unspecified atom stereocenters. The summed E-state index contributed by atoms with van der Waals surface area (Å²) in [6.45, 7) is 0. The first-order valence-electron chi connectivity index (χ1n) is 7.32. The first kappa shape index (κ1) is 12.5. The molecule has 2 aliphatic rings. The van der Waals surface area contributed by atoms with Crippen LogP contribution in [0.3, 0.4) is 0 Å². The van der Waals surface area contributed by atoms with E-state index in [1.165, 1.54) is 50.8 Å². The van der Waals surface area contributed by atoms with Gasteiger partial charge < -0.3 is 0 Å². The first-order valence-corrected chi connectivity index (χ1v) is 8.72. The zero-order chi connectivity index (χ0) is 12.4. The minimum atomic E-state index is 0.635. The Labute approximate surface area is 114 Å². The molecule has 100 valence electrons. The third-order valence-corrected chi connectivity index (χ3v) is 4.72. The third kappa shape index (κ3) is 2.73. The van der Waals surface area contributed by atoms with Gasteiger partial charge >= 0.3 is 0 Å². The number of hydrogen-bond acceptors (Lipinski definition) is 3. The Hall–Kier alpha value is -0.510. The topological polar surface area (TPSA) is 30.7 Å². The van der Waals surface area contributed by atoms with E-state index in [0.29, 0.717) is 12.0 Å². The Balaban J connectivity index is 1.79. The lowest BCUT2D eigenvalue weighted by atomic mass is 9.95. The number of rotatable bonds is 5. The van der Waals surface area contributed by atoms with Gasteiger partial charge in [-0.1, -0.05) is 19.3 Å². The zero-order valence-electron chi connectivity index (χ0n) is 11.3. The zero-order valence-corrected chi connectivity index (χ0v) is 12.1. The Morgan fingerprint density at radius 3 is 2.61 bits per heavy atom. The molecular formula is C14H23N3S. The Morgan fingerprint density at radius 2 is 1.94 bits per heavy atom.